The van der Waals surface area contributed by atoms with Crippen molar-refractivity contribution in [3.63, 3.8) is 0 Å². The number of para-hydroxylation sites is 1. The summed E-state index contributed by atoms with van der Waals surface area (Å²) >= 11 is 0. The number of carbonyl (C=O) groups excluding carboxylic acids is 1. The summed E-state index contributed by atoms with van der Waals surface area (Å²) in [5.74, 6) is 0.241. The van der Waals surface area contributed by atoms with Crippen molar-refractivity contribution in [1.29, 1.82) is 0 Å². The Morgan fingerprint density at radius 1 is 1.12 bits per heavy atom. The molecule has 132 valence electrons. The summed E-state index contributed by atoms with van der Waals surface area (Å²) in [4.78, 5) is 18.7. The lowest BCUT2D eigenvalue weighted by atomic mass is 9.94. The van der Waals surface area contributed by atoms with Gasteiger partial charge in [-0.1, -0.05) is 37.5 Å². The first kappa shape index (κ1) is 17.3. The Morgan fingerprint density at radius 3 is 2.56 bits per heavy atom. The van der Waals surface area contributed by atoms with E-state index in [0.717, 1.165) is 36.8 Å². The second-order valence-electron chi connectivity index (χ2n) is 6.56. The molecular weight excluding hydrogens is 314 g/mol. The fraction of sp³-hybridized carbons (Fsp3) is 0.400. The van der Waals surface area contributed by atoms with Crippen molar-refractivity contribution in [3.8, 4) is 5.75 Å². The van der Waals surface area contributed by atoms with Crippen molar-refractivity contribution in [1.82, 2.24) is 15.2 Å². The topological polar surface area (TPSA) is 65.5 Å². The molecule has 2 N–H and O–H groups in total. The van der Waals surface area contributed by atoms with E-state index in [2.05, 4.69) is 10.3 Å². The number of hydrogen-bond acceptors (Lipinski definition) is 3. The van der Waals surface area contributed by atoms with Crippen molar-refractivity contribution in [3.05, 3.63) is 59.9 Å². The second-order valence-corrected chi connectivity index (χ2v) is 6.56. The molecule has 0 bridgehead atoms. The van der Waals surface area contributed by atoms with Gasteiger partial charge in [0.25, 0.3) is 0 Å². The lowest BCUT2D eigenvalue weighted by Gasteiger charge is -2.34. The van der Waals surface area contributed by atoms with Gasteiger partial charge in [0.1, 0.15) is 5.75 Å². The van der Waals surface area contributed by atoms with Gasteiger partial charge in [-0.15, -0.1) is 0 Å². The number of pyridine rings is 1. The number of phenolic OH excluding ortho intramolecular Hbond substituents is 1. The van der Waals surface area contributed by atoms with Gasteiger partial charge in [-0.2, -0.15) is 0 Å². The van der Waals surface area contributed by atoms with Gasteiger partial charge in [-0.05, 0) is 36.6 Å². The summed E-state index contributed by atoms with van der Waals surface area (Å²) in [6.07, 6.45) is 9.04. The number of benzene rings is 1. The molecule has 0 spiro atoms. The van der Waals surface area contributed by atoms with E-state index in [1.165, 1.54) is 6.42 Å². The molecule has 0 saturated heterocycles. The molecule has 1 aromatic heterocycles. The molecule has 2 amide bonds. The number of aromatic nitrogens is 1. The van der Waals surface area contributed by atoms with E-state index in [1.54, 1.807) is 24.5 Å². The Kier molecular flexibility index (Phi) is 5.88. The zero-order chi connectivity index (χ0) is 17.5. The van der Waals surface area contributed by atoms with Crippen LogP contribution in [0.15, 0.2) is 48.8 Å². The molecule has 0 radical (unpaired) electrons. The van der Waals surface area contributed by atoms with Gasteiger partial charge in [0.15, 0.2) is 0 Å². The number of phenols is 1. The number of hydrogen-bond donors (Lipinski definition) is 2. The SMILES string of the molecule is O=C(NCc1ccncc1)N(Cc1ccccc1O)C1CCCCC1. The number of urea groups is 1. The van der Waals surface area contributed by atoms with Crippen molar-refractivity contribution in [2.75, 3.05) is 0 Å². The molecule has 1 aromatic carbocycles. The molecule has 2 aromatic rings. The van der Waals surface area contributed by atoms with E-state index in [1.807, 2.05) is 29.2 Å². The molecule has 0 aliphatic heterocycles. The van der Waals surface area contributed by atoms with Crippen LogP contribution in [0.2, 0.25) is 0 Å². The highest BCUT2D eigenvalue weighted by Gasteiger charge is 2.26. The molecule has 1 fully saturated rings. The first-order chi connectivity index (χ1) is 12.2. The number of amides is 2. The van der Waals surface area contributed by atoms with Crippen LogP contribution in [-0.4, -0.2) is 27.1 Å². The zero-order valence-corrected chi connectivity index (χ0v) is 14.4. The third kappa shape index (κ3) is 4.72. The van der Waals surface area contributed by atoms with Crippen LogP contribution < -0.4 is 5.32 Å². The van der Waals surface area contributed by atoms with Crippen molar-refractivity contribution < 1.29 is 9.90 Å². The Labute approximate surface area is 148 Å². The molecule has 0 atom stereocenters. The molecule has 1 aliphatic carbocycles. The summed E-state index contributed by atoms with van der Waals surface area (Å²) < 4.78 is 0. The van der Waals surface area contributed by atoms with Crippen molar-refractivity contribution in [2.24, 2.45) is 0 Å². The molecule has 3 rings (SSSR count). The van der Waals surface area contributed by atoms with Crippen LogP contribution in [0.25, 0.3) is 0 Å². The lowest BCUT2D eigenvalue weighted by Crippen LogP contribution is -2.46. The highest BCUT2D eigenvalue weighted by molar-refractivity contribution is 5.74. The van der Waals surface area contributed by atoms with Crippen LogP contribution in [-0.2, 0) is 13.1 Å². The number of nitrogens with zero attached hydrogens (tertiary/aromatic N) is 2. The fourth-order valence-corrected chi connectivity index (χ4v) is 3.37. The minimum Gasteiger partial charge on any atom is -0.508 e. The largest absolute Gasteiger partial charge is 0.508 e. The number of rotatable bonds is 5. The smallest absolute Gasteiger partial charge is 0.318 e. The van der Waals surface area contributed by atoms with Crippen molar-refractivity contribution >= 4 is 6.03 Å². The van der Waals surface area contributed by atoms with E-state index in [-0.39, 0.29) is 17.8 Å². The monoisotopic (exact) mass is 339 g/mol. The van der Waals surface area contributed by atoms with Gasteiger partial charge in [0, 0.05) is 30.5 Å². The van der Waals surface area contributed by atoms with Crippen molar-refractivity contribution in [2.45, 2.75) is 51.2 Å². The Bertz CT molecular complexity index is 684. The third-order valence-corrected chi connectivity index (χ3v) is 4.80. The average Bonchev–Trinajstić information content (AvgIpc) is 2.67. The number of aromatic hydroxyl groups is 1. The predicted octanol–water partition coefficient (Wildman–Crippen LogP) is 3.83. The highest BCUT2D eigenvalue weighted by atomic mass is 16.3. The molecule has 1 aliphatic rings. The average molecular weight is 339 g/mol. The predicted molar refractivity (Wildman–Crippen MR) is 97.0 cm³/mol. The van der Waals surface area contributed by atoms with Crippen LogP contribution in [0.3, 0.4) is 0 Å². The molecular formula is C20H25N3O2. The van der Waals surface area contributed by atoms with Gasteiger partial charge in [-0.3, -0.25) is 4.98 Å². The minimum absolute atomic E-state index is 0.0769. The molecule has 5 nitrogen and oxygen atoms in total. The molecule has 0 unspecified atom stereocenters. The quantitative estimate of drug-likeness (QED) is 0.870. The summed E-state index contributed by atoms with van der Waals surface area (Å²) in [5, 5.41) is 13.1. The fourth-order valence-electron chi connectivity index (χ4n) is 3.37. The summed E-state index contributed by atoms with van der Waals surface area (Å²) in [5.41, 5.74) is 1.81. The Balaban J connectivity index is 1.70. The Hall–Kier alpha value is -2.56. The Morgan fingerprint density at radius 2 is 1.84 bits per heavy atom. The van der Waals surface area contributed by atoms with E-state index >= 15 is 0 Å². The van der Waals surface area contributed by atoms with Crippen LogP contribution in [0, 0.1) is 0 Å². The van der Waals surface area contributed by atoms with Crippen LogP contribution in [0.5, 0.6) is 5.75 Å². The minimum atomic E-state index is -0.0769. The maximum absolute atomic E-state index is 12.8. The van der Waals surface area contributed by atoms with E-state index in [9.17, 15) is 9.90 Å². The van der Waals surface area contributed by atoms with Gasteiger partial charge in [-0.25, -0.2) is 4.79 Å². The lowest BCUT2D eigenvalue weighted by molar-refractivity contribution is 0.150. The maximum atomic E-state index is 12.8. The number of nitrogens with one attached hydrogen (secondary N) is 1. The zero-order valence-electron chi connectivity index (χ0n) is 14.4. The third-order valence-electron chi connectivity index (χ3n) is 4.80. The van der Waals surface area contributed by atoms with E-state index in [4.69, 9.17) is 0 Å². The van der Waals surface area contributed by atoms with Gasteiger partial charge in [0.2, 0.25) is 0 Å². The standard InChI is InChI=1S/C20H25N3O2/c24-19-9-5-4-6-17(19)15-23(18-7-2-1-3-8-18)20(25)22-14-16-10-12-21-13-11-16/h4-6,9-13,18,24H,1-3,7-8,14-15H2,(H,22,25). The highest BCUT2D eigenvalue weighted by Crippen LogP contribution is 2.26. The van der Waals surface area contributed by atoms with Gasteiger partial charge < -0.3 is 15.3 Å². The van der Waals surface area contributed by atoms with E-state index in [0.29, 0.717) is 13.1 Å². The van der Waals surface area contributed by atoms with Crippen LogP contribution in [0.4, 0.5) is 4.79 Å². The molecule has 25 heavy (non-hydrogen) atoms. The van der Waals surface area contributed by atoms with Crippen LogP contribution in [0.1, 0.15) is 43.2 Å². The first-order valence-corrected chi connectivity index (χ1v) is 8.94. The summed E-state index contributed by atoms with van der Waals surface area (Å²) in [6, 6.07) is 11.2. The van der Waals surface area contributed by atoms with Gasteiger partial charge in [0.05, 0.1) is 6.54 Å². The normalized spacial score (nSPS) is 14.9. The van der Waals surface area contributed by atoms with E-state index < -0.39 is 0 Å². The second kappa shape index (κ2) is 8.51. The van der Waals surface area contributed by atoms with Gasteiger partial charge >= 0.3 is 6.03 Å². The summed E-state index contributed by atoms with van der Waals surface area (Å²) in [6.45, 7) is 0.908. The maximum Gasteiger partial charge on any atom is 0.318 e. The number of carbonyl (C=O) groups is 1. The first-order valence-electron chi connectivity index (χ1n) is 8.94. The summed E-state index contributed by atoms with van der Waals surface area (Å²) in [7, 11) is 0. The molecule has 1 saturated carbocycles. The van der Waals surface area contributed by atoms with Crippen LogP contribution >= 0.6 is 0 Å². The molecule has 5 heteroatoms. The molecule has 1 heterocycles.